The average molecular weight is 460 g/mol. The van der Waals surface area contributed by atoms with Crippen LogP contribution in [0.4, 0.5) is 13.2 Å². The Bertz CT molecular complexity index is 1090. The summed E-state index contributed by atoms with van der Waals surface area (Å²) in [5.74, 6) is -1.16. The first-order valence-electron chi connectivity index (χ1n) is 8.85. The van der Waals surface area contributed by atoms with Gasteiger partial charge in [-0.25, -0.2) is 19.7 Å². The summed E-state index contributed by atoms with van der Waals surface area (Å²) in [6, 6.07) is 5.15. The minimum atomic E-state index is -4.79. The van der Waals surface area contributed by atoms with E-state index in [4.69, 9.17) is 0 Å². The van der Waals surface area contributed by atoms with E-state index in [9.17, 15) is 23.1 Å². The summed E-state index contributed by atoms with van der Waals surface area (Å²) in [7, 11) is 0. The maximum atomic E-state index is 12.4. The Hall–Kier alpha value is -2.08. The number of carboxylic acid groups (broad SMARTS) is 1. The number of ether oxygens (including phenoxy) is 1. The molecular weight excluding hydrogens is 444 g/mol. The van der Waals surface area contributed by atoms with Crippen LogP contribution in [0.3, 0.4) is 0 Å². The van der Waals surface area contributed by atoms with Crippen LogP contribution in [-0.2, 0) is 0 Å². The molecule has 0 bridgehead atoms. The van der Waals surface area contributed by atoms with E-state index in [1.807, 2.05) is 6.26 Å². The summed E-state index contributed by atoms with van der Waals surface area (Å²) in [4.78, 5) is 25.0. The standard InChI is InChI=1S/C19H15F3N4O3S.Na.H/c1-30-18-23-8-11(9-24-18)14-15(17(27)28)26(12-4-5-12)16(25-14)10-2-6-13(7-3-10)29-19(20,21)22;;/h2-3,6-9,12H,4-5H2,1H3,(H,27,28);;/q;+1;-1. The van der Waals surface area contributed by atoms with Crippen LogP contribution in [0.5, 0.6) is 5.75 Å². The number of carbonyl (C=O) groups is 1. The molecule has 1 aliphatic carbocycles. The number of benzene rings is 1. The molecule has 1 aromatic carbocycles. The number of aromatic carboxylic acids is 1. The minimum absolute atomic E-state index is 0. The number of alkyl halides is 3. The molecule has 12 heteroatoms. The van der Waals surface area contributed by atoms with Crippen LogP contribution in [-0.4, -0.2) is 43.2 Å². The Balaban J connectivity index is 0.00000181. The summed E-state index contributed by atoms with van der Waals surface area (Å²) in [5.41, 5.74) is 1.14. The van der Waals surface area contributed by atoms with Gasteiger partial charge in [0.15, 0.2) is 10.9 Å². The summed E-state index contributed by atoms with van der Waals surface area (Å²) in [6.45, 7) is 0. The van der Waals surface area contributed by atoms with Crippen molar-refractivity contribution in [2.75, 3.05) is 6.26 Å². The summed E-state index contributed by atoms with van der Waals surface area (Å²) < 4.78 is 42.8. The summed E-state index contributed by atoms with van der Waals surface area (Å²) in [5, 5.41) is 10.4. The van der Waals surface area contributed by atoms with E-state index in [-0.39, 0.29) is 54.2 Å². The molecule has 7 nitrogen and oxygen atoms in total. The Morgan fingerprint density at radius 2 is 1.81 bits per heavy atom. The number of thioether (sulfide) groups is 1. The predicted molar refractivity (Wildman–Crippen MR) is 103 cm³/mol. The third kappa shape index (κ3) is 5.22. The number of hydrogen-bond donors (Lipinski definition) is 1. The summed E-state index contributed by atoms with van der Waals surface area (Å²) in [6.07, 6.45) is 1.63. The number of hydrogen-bond acceptors (Lipinski definition) is 6. The first-order chi connectivity index (χ1) is 14.3. The number of carboxylic acids is 1. The minimum Gasteiger partial charge on any atom is -1.00 e. The predicted octanol–water partition coefficient (Wildman–Crippen LogP) is 1.78. The monoisotopic (exact) mass is 460 g/mol. The molecule has 0 spiro atoms. The zero-order valence-electron chi connectivity index (χ0n) is 17.6. The van der Waals surface area contributed by atoms with Crippen LogP contribution >= 0.6 is 11.8 Å². The molecule has 31 heavy (non-hydrogen) atoms. The van der Waals surface area contributed by atoms with Gasteiger partial charge in [0.25, 0.3) is 0 Å². The van der Waals surface area contributed by atoms with Crippen LogP contribution in [0.25, 0.3) is 22.6 Å². The van der Waals surface area contributed by atoms with Crippen molar-refractivity contribution >= 4 is 17.7 Å². The van der Waals surface area contributed by atoms with Crippen LogP contribution in [0.2, 0.25) is 0 Å². The summed E-state index contributed by atoms with van der Waals surface area (Å²) >= 11 is 1.35. The molecule has 0 aliphatic heterocycles. The van der Waals surface area contributed by atoms with Gasteiger partial charge in [-0.15, -0.1) is 13.2 Å². The Kier molecular flexibility index (Phi) is 6.99. The molecule has 0 radical (unpaired) electrons. The second-order valence-corrected chi connectivity index (χ2v) is 7.34. The zero-order chi connectivity index (χ0) is 21.5. The average Bonchev–Trinajstić information content (AvgIpc) is 3.46. The molecule has 158 valence electrons. The van der Waals surface area contributed by atoms with Gasteiger partial charge >= 0.3 is 41.9 Å². The molecule has 1 fully saturated rings. The van der Waals surface area contributed by atoms with Crippen molar-refractivity contribution in [2.24, 2.45) is 0 Å². The van der Waals surface area contributed by atoms with Crippen molar-refractivity contribution in [3.8, 4) is 28.4 Å². The molecule has 0 unspecified atom stereocenters. The molecule has 2 heterocycles. The van der Waals surface area contributed by atoms with E-state index < -0.39 is 12.3 Å². The van der Waals surface area contributed by atoms with Crippen LogP contribution in [0, 0.1) is 0 Å². The first kappa shape index (κ1) is 23.6. The van der Waals surface area contributed by atoms with E-state index in [0.29, 0.717) is 22.1 Å². The van der Waals surface area contributed by atoms with Crippen LogP contribution in [0.1, 0.15) is 30.8 Å². The number of imidazole rings is 1. The smallest absolute Gasteiger partial charge is 1.00 e. The van der Waals surface area contributed by atoms with Crippen molar-refractivity contribution < 1.29 is 58.8 Å². The largest absolute Gasteiger partial charge is 1.00 e. The first-order valence-corrected chi connectivity index (χ1v) is 10.1. The quantitative estimate of drug-likeness (QED) is 0.341. The fourth-order valence-electron chi connectivity index (χ4n) is 3.08. The van der Waals surface area contributed by atoms with Gasteiger partial charge in [-0.3, -0.25) is 0 Å². The number of halogens is 3. The second kappa shape index (κ2) is 9.19. The fourth-order valence-corrected chi connectivity index (χ4v) is 3.40. The molecule has 4 rings (SSSR count). The zero-order valence-corrected chi connectivity index (χ0v) is 19.4. The van der Waals surface area contributed by atoms with E-state index in [1.165, 1.54) is 48.4 Å². The normalized spacial score (nSPS) is 13.5. The Morgan fingerprint density at radius 3 is 2.29 bits per heavy atom. The molecule has 0 saturated heterocycles. The molecule has 2 aromatic heterocycles. The number of nitrogens with zero attached hydrogens (tertiary/aromatic N) is 4. The van der Waals surface area contributed by atoms with E-state index >= 15 is 0 Å². The second-order valence-electron chi connectivity index (χ2n) is 6.57. The SMILES string of the molecule is CSc1ncc(-c2nc(-c3ccc(OC(F)(F)F)cc3)n(C3CC3)c2C(=O)O)cn1.[H-].[Na+]. The van der Waals surface area contributed by atoms with Gasteiger partial charge in [0, 0.05) is 29.6 Å². The Morgan fingerprint density at radius 1 is 1.19 bits per heavy atom. The number of aromatic nitrogens is 4. The van der Waals surface area contributed by atoms with E-state index in [2.05, 4.69) is 19.7 Å². The molecular formula is C19H16F3N4NaO3S. The van der Waals surface area contributed by atoms with Crippen molar-refractivity contribution in [3.05, 3.63) is 42.4 Å². The maximum absolute atomic E-state index is 12.4. The van der Waals surface area contributed by atoms with Crippen molar-refractivity contribution in [1.29, 1.82) is 0 Å². The van der Waals surface area contributed by atoms with Crippen LogP contribution in [0.15, 0.2) is 41.8 Å². The molecule has 0 atom stereocenters. The van der Waals surface area contributed by atoms with E-state index in [1.54, 1.807) is 4.57 Å². The molecule has 3 aromatic rings. The van der Waals surface area contributed by atoms with Crippen LogP contribution < -0.4 is 34.3 Å². The molecule has 1 saturated carbocycles. The maximum Gasteiger partial charge on any atom is 1.00 e. The van der Waals surface area contributed by atoms with Gasteiger partial charge < -0.3 is 15.8 Å². The fraction of sp³-hybridized carbons (Fsp3) is 0.263. The van der Waals surface area contributed by atoms with E-state index in [0.717, 1.165) is 12.8 Å². The molecule has 1 aliphatic rings. The van der Waals surface area contributed by atoms with Gasteiger partial charge in [-0.05, 0) is 43.4 Å². The van der Waals surface area contributed by atoms with Gasteiger partial charge in [0.2, 0.25) is 0 Å². The van der Waals surface area contributed by atoms with Crippen molar-refractivity contribution in [2.45, 2.75) is 30.4 Å². The van der Waals surface area contributed by atoms with Gasteiger partial charge in [0.1, 0.15) is 17.3 Å². The van der Waals surface area contributed by atoms with Crippen molar-refractivity contribution in [3.63, 3.8) is 0 Å². The van der Waals surface area contributed by atoms with Crippen molar-refractivity contribution in [1.82, 2.24) is 19.5 Å². The Labute approximate surface area is 202 Å². The topological polar surface area (TPSA) is 90.1 Å². The molecule has 0 amide bonds. The third-order valence-electron chi connectivity index (χ3n) is 4.46. The third-order valence-corrected chi connectivity index (χ3v) is 5.03. The van der Waals surface area contributed by atoms with Gasteiger partial charge in [-0.2, -0.15) is 0 Å². The van der Waals surface area contributed by atoms with Gasteiger partial charge in [-0.1, -0.05) is 11.8 Å². The van der Waals surface area contributed by atoms with Gasteiger partial charge in [0.05, 0.1) is 0 Å². The molecule has 1 N–H and O–H groups in total. The number of rotatable bonds is 6.